The minimum Gasteiger partial charge on any atom is -0.462 e. The molecule has 7 heteroatoms. The van der Waals surface area contributed by atoms with Crippen molar-refractivity contribution in [2.24, 2.45) is 11.1 Å². The first kappa shape index (κ1) is 16.6. The van der Waals surface area contributed by atoms with Gasteiger partial charge in [0.25, 0.3) is 0 Å². The zero-order chi connectivity index (χ0) is 15.5. The zero-order valence-corrected chi connectivity index (χ0v) is 12.5. The molecule has 1 rings (SSSR count). The van der Waals surface area contributed by atoms with Gasteiger partial charge in [0, 0.05) is 0 Å². The quantitative estimate of drug-likeness (QED) is 0.843. The molecule has 2 N–H and O–H groups in total. The lowest BCUT2D eigenvalue weighted by molar-refractivity contribution is 0.0487. The molecular formula is C13H18FNO4S. The first-order chi connectivity index (χ1) is 9.12. The lowest BCUT2D eigenvalue weighted by Crippen LogP contribution is -2.17. The fourth-order valence-electron chi connectivity index (χ4n) is 1.53. The Morgan fingerprint density at radius 3 is 2.50 bits per heavy atom. The molecule has 0 radical (unpaired) electrons. The van der Waals surface area contributed by atoms with Gasteiger partial charge in [-0.1, -0.05) is 13.8 Å². The fraction of sp³-hybridized carbons (Fsp3) is 0.462. The molecule has 1 aromatic carbocycles. The second-order valence-electron chi connectivity index (χ2n) is 4.97. The standard InChI is InChI=1S/C13H18FNO4S/c1-8(2)4-5-19-13(16)10-6-9(3)12(14)11(7-10)20(15,17)18/h6-8H,4-5H2,1-3H3,(H2,15,17,18). The molecule has 0 fully saturated rings. The van der Waals surface area contributed by atoms with Crippen LogP contribution in [0.15, 0.2) is 17.0 Å². The molecule has 20 heavy (non-hydrogen) atoms. The number of esters is 1. The summed E-state index contributed by atoms with van der Waals surface area (Å²) in [6.07, 6.45) is 0.688. The number of hydrogen-bond donors (Lipinski definition) is 1. The van der Waals surface area contributed by atoms with Crippen molar-refractivity contribution in [3.63, 3.8) is 0 Å². The Labute approximate surface area is 118 Å². The monoisotopic (exact) mass is 303 g/mol. The van der Waals surface area contributed by atoms with Crippen LogP contribution in [0.25, 0.3) is 0 Å². The molecule has 0 unspecified atom stereocenters. The second kappa shape index (κ2) is 6.32. The third-order valence-corrected chi connectivity index (χ3v) is 3.60. The molecule has 0 bridgehead atoms. The molecule has 0 aromatic heterocycles. The van der Waals surface area contributed by atoms with Crippen LogP contribution in [-0.2, 0) is 14.8 Å². The van der Waals surface area contributed by atoms with Crippen LogP contribution in [0, 0.1) is 18.7 Å². The van der Waals surface area contributed by atoms with Crippen LogP contribution in [-0.4, -0.2) is 21.0 Å². The van der Waals surface area contributed by atoms with Crippen molar-refractivity contribution in [2.45, 2.75) is 32.1 Å². The van der Waals surface area contributed by atoms with Crippen molar-refractivity contribution in [3.05, 3.63) is 29.1 Å². The van der Waals surface area contributed by atoms with Gasteiger partial charge in [-0.2, -0.15) is 0 Å². The number of sulfonamides is 1. The summed E-state index contributed by atoms with van der Waals surface area (Å²) in [5.41, 5.74) is -0.0102. The molecule has 0 atom stereocenters. The summed E-state index contributed by atoms with van der Waals surface area (Å²) >= 11 is 0. The van der Waals surface area contributed by atoms with E-state index in [2.05, 4.69) is 0 Å². The normalized spacial score (nSPS) is 11.7. The molecule has 0 aliphatic heterocycles. The SMILES string of the molecule is Cc1cc(C(=O)OCCC(C)C)cc(S(N)(=O)=O)c1F. The number of benzene rings is 1. The number of halogens is 1. The Morgan fingerprint density at radius 2 is 2.00 bits per heavy atom. The van der Waals surface area contributed by atoms with E-state index in [-0.39, 0.29) is 17.7 Å². The fourth-order valence-corrected chi connectivity index (χ4v) is 2.23. The molecule has 5 nitrogen and oxygen atoms in total. The Balaban J connectivity index is 3.03. The molecule has 0 heterocycles. The third kappa shape index (κ3) is 4.28. The summed E-state index contributed by atoms with van der Waals surface area (Å²) in [5.74, 6) is -1.28. The highest BCUT2D eigenvalue weighted by Gasteiger charge is 2.20. The minimum absolute atomic E-state index is 0.0207. The van der Waals surface area contributed by atoms with Crippen LogP contribution >= 0.6 is 0 Å². The van der Waals surface area contributed by atoms with E-state index >= 15 is 0 Å². The summed E-state index contributed by atoms with van der Waals surface area (Å²) < 4.78 is 41.2. The number of hydrogen-bond acceptors (Lipinski definition) is 4. The van der Waals surface area contributed by atoms with Gasteiger partial charge in [0.15, 0.2) is 0 Å². The van der Waals surface area contributed by atoms with E-state index < -0.39 is 26.7 Å². The maximum absolute atomic E-state index is 13.7. The van der Waals surface area contributed by atoms with E-state index in [1.165, 1.54) is 13.0 Å². The number of nitrogens with two attached hydrogens (primary N) is 1. The highest BCUT2D eigenvalue weighted by atomic mass is 32.2. The molecule has 1 aromatic rings. The molecule has 0 aliphatic rings. The van der Waals surface area contributed by atoms with Crippen molar-refractivity contribution >= 4 is 16.0 Å². The minimum atomic E-state index is -4.23. The Kier molecular flexibility index (Phi) is 5.24. The first-order valence-electron chi connectivity index (χ1n) is 6.13. The van der Waals surface area contributed by atoms with E-state index in [1.807, 2.05) is 13.8 Å². The van der Waals surface area contributed by atoms with Gasteiger partial charge in [-0.05, 0) is 37.0 Å². The van der Waals surface area contributed by atoms with Crippen LogP contribution in [0.2, 0.25) is 0 Å². The van der Waals surface area contributed by atoms with Crippen molar-refractivity contribution < 1.29 is 22.3 Å². The van der Waals surface area contributed by atoms with Crippen LogP contribution in [0.4, 0.5) is 4.39 Å². The van der Waals surface area contributed by atoms with Gasteiger partial charge < -0.3 is 4.74 Å². The predicted octanol–water partition coefficient (Wildman–Crippen LogP) is 1.98. The van der Waals surface area contributed by atoms with Gasteiger partial charge in [0.1, 0.15) is 10.7 Å². The van der Waals surface area contributed by atoms with Crippen molar-refractivity contribution in [2.75, 3.05) is 6.61 Å². The molecule has 112 valence electrons. The maximum atomic E-state index is 13.7. The Morgan fingerprint density at radius 1 is 1.40 bits per heavy atom. The number of aryl methyl sites for hydroxylation is 1. The van der Waals surface area contributed by atoms with Gasteiger partial charge in [-0.25, -0.2) is 22.7 Å². The molecule has 0 amide bonds. The number of rotatable bonds is 5. The van der Waals surface area contributed by atoms with Crippen LogP contribution in [0.3, 0.4) is 0 Å². The second-order valence-corrected chi connectivity index (χ2v) is 6.50. The summed E-state index contributed by atoms with van der Waals surface area (Å²) in [6.45, 7) is 5.54. The third-order valence-electron chi connectivity index (χ3n) is 2.69. The van der Waals surface area contributed by atoms with Crippen LogP contribution in [0.5, 0.6) is 0 Å². The number of primary sulfonamides is 1. The van der Waals surface area contributed by atoms with Crippen LogP contribution < -0.4 is 5.14 Å². The maximum Gasteiger partial charge on any atom is 0.338 e. The molecular weight excluding hydrogens is 285 g/mol. The van der Waals surface area contributed by atoms with E-state index in [0.717, 1.165) is 6.07 Å². The Bertz CT molecular complexity index is 611. The average molecular weight is 303 g/mol. The van der Waals surface area contributed by atoms with Crippen molar-refractivity contribution in [1.29, 1.82) is 0 Å². The smallest absolute Gasteiger partial charge is 0.338 e. The summed E-state index contributed by atoms with van der Waals surface area (Å²) in [4.78, 5) is 11.1. The van der Waals surface area contributed by atoms with Crippen molar-refractivity contribution in [1.82, 2.24) is 0 Å². The van der Waals surface area contributed by atoms with E-state index in [1.54, 1.807) is 0 Å². The van der Waals surface area contributed by atoms with Gasteiger partial charge in [-0.3, -0.25) is 0 Å². The largest absolute Gasteiger partial charge is 0.462 e. The van der Waals surface area contributed by atoms with Gasteiger partial charge in [0.2, 0.25) is 10.0 Å². The predicted molar refractivity (Wildman–Crippen MR) is 72.2 cm³/mol. The summed E-state index contributed by atoms with van der Waals surface area (Å²) in [6, 6.07) is 2.14. The highest BCUT2D eigenvalue weighted by molar-refractivity contribution is 7.89. The highest BCUT2D eigenvalue weighted by Crippen LogP contribution is 2.20. The number of carbonyl (C=O) groups is 1. The van der Waals surface area contributed by atoms with E-state index in [0.29, 0.717) is 12.3 Å². The lowest BCUT2D eigenvalue weighted by atomic mass is 10.1. The Hall–Kier alpha value is -1.47. The number of carbonyl (C=O) groups excluding carboxylic acids is 1. The molecule has 0 saturated heterocycles. The van der Waals surface area contributed by atoms with E-state index in [4.69, 9.17) is 9.88 Å². The molecule has 0 saturated carbocycles. The van der Waals surface area contributed by atoms with E-state index in [9.17, 15) is 17.6 Å². The lowest BCUT2D eigenvalue weighted by Gasteiger charge is -2.09. The number of ether oxygens (including phenoxy) is 1. The van der Waals surface area contributed by atoms with Gasteiger partial charge in [0.05, 0.1) is 12.2 Å². The summed E-state index contributed by atoms with van der Waals surface area (Å²) in [7, 11) is -4.23. The van der Waals surface area contributed by atoms with Crippen molar-refractivity contribution in [3.8, 4) is 0 Å². The molecule has 0 spiro atoms. The van der Waals surface area contributed by atoms with Gasteiger partial charge in [-0.15, -0.1) is 0 Å². The first-order valence-corrected chi connectivity index (χ1v) is 7.67. The average Bonchev–Trinajstić information content (AvgIpc) is 2.30. The van der Waals surface area contributed by atoms with Crippen LogP contribution in [0.1, 0.15) is 36.2 Å². The molecule has 0 aliphatic carbocycles. The van der Waals surface area contributed by atoms with Gasteiger partial charge >= 0.3 is 5.97 Å². The summed E-state index contributed by atoms with van der Waals surface area (Å²) in [5, 5.41) is 4.92. The topological polar surface area (TPSA) is 86.5 Å². The zero-order valence-electron chi connectivity index (χ0n) is 11.6.